The fraction of sp³-hybridized carbons (Fsp3) is 0.708. The molecule has 0 radical (unpaired) electrons. The summed E-state index contributed by atoms with van der Waals surface area (Å²) in [6.07, 6.45) is -0.106. The first-order valence-electron chi connectivity index (χ1n) is 12.0. The lowest BCUT2D eigenvalue weighted by atomic mass is 9.96. The summed E-state index contributed by atoms with van der Waals surface area (Å²) in [4.78, 5) is 21.6. The Labute approximate surface area is 232 Å². The minimum absolute atomic E-state index is 0.00460. The van der Waals surface area contributed by atoms with Crippen LogP contribution in [0.15, 0.2) is 6.20 Å². The third-order valence-corrected chi connectivity index (χ3v) is 12.5. The molecule has 2 aromatic rings. The molecule has 4 heterocycles. The number of nitrogens with zero attached hydrogens (tertiary/aromatic N) is 3. The molecular weight excluding hydrogens is 615 g/mol. The van der Waals surface area contributed by atoms with Crippen LogP contribution in [0.25, 0.3) is 11.0 Å². The first kappa shape index (κ1) is 28.2. The van der Waals surface area contributed by atoms with Crippen molar-refractivity contribution in [3.05, 3.63) is 14.9 Å². The fourth-order valence-electron chi connectivity index (χ4n) is 3.93. The van der Waals surface area contributed by atoms with Gasteiger partial charge in [0.1, 0.15) is 23.0 Å². The summed E-state index contributed by atoms with van der Waals surface area (Å²) in [6.45, 7) is 20.2. The zero-order chi connectivity index (χ0) is 27.0. The van der Waals surface area contributed by atoms with E-state index >= 15 is 0 Å². The van der Waals surface area contributed by atoms with Crippen molar-refractivity contribution in [3.63, 3.8) is 0 Å². The number of aromatic nitrogens is 3. The number of carbonyl (C=O) groups is 1. The van der Waals surface area contributed by atoms with Crippen LogP contribution in [0.1, 0.15) is 61.6 Å². The number of hydrogen-bond acceptors (Lipinski definition) is 7. The smallest absolute Gasteiger partial charge is 0.232 e. The zero-order valence-corrected chi connectivity index (χ0v) is 26.4. The molecule has 1 amide bonds. The van der Waals surface area contributed by atoms with Crippen LogP contribution >= 0.6 is 34.2 Å². The highest BCUT2D eigenvalue weighted by molar-refractivity contribution is 14.1. The van der Waals surface area contributed by atoms with E-state index in [9.17, 15) is 4.79 Å². The molecule has 0 aliphatic carbocycles. The van der Waals surface area contributed by atoms with Gasteiger partial charge in [-0.2, -0.15) is 9.97 Å². The molecule has 0 spiro atoms. The van der Waals surface area contributed by atoms with Crippen LogP contribution in [0.5, 0.6) is 0 Å². The molecule has 200 valence electrons. The SMILES string of the molecule is CC1(C)OC2C(O[Si](C)(C)C(C)(C)C)OC(n3cc(I)c4c(Cl)nc(NC(=O)C(C)(C)C)nc43)C2O1. The summed E-state index contributed by atoms with van der Waals surface area (Å²) < 4.78 is 28.5. The van der Waals surface area contributed by atoms with Gasteiger partial charge in [0.15, 0.2) is 26.6 Å². The average Bonchev–Trinajstić information content (AvgIpc) is 3.29. The maximum absolute atomic E-state index is 12.6. The Morgan fingerprint density at radius 1 is 1.17 bits per heavy atom. The monoisotopic (exact) mass is 650 g/mol. The normalized spacial score (nSPS) is 26.4. The Morgan fingerprint density at radius 2 is 1.78 bits per heavy atom. The largest absolute Gasteiger partial charge is 0.390 e. The molecular formula is C24H36ClIN4O5Si. The van der Waals surface area contributed by atoms with E-state index in [0.717, 1.165) is 3.57 Å². The van der Waals surface area contributed by atoms with Crippen molar-refractivity contribution in [3.8, 4) is 0 Å². The minimum Gasteiger partial charge on any atom is -0.390 e. The van der Waals surface area contributed by atoms with Crippen molar-refractivity contribution in [1.29, 1.82) is 0 Å². The van der Waals surface area contributed by atoms with Gasteiger partial charge in [-0.15, -0.1) is 0 Å². The lowest BCUT2D eigenvalue weighted by Gasteiger charge is -2.39. The van der Waals surface area contributed by atoms with Crippen molar-refractivity contribution < 1.29 is 23.4 Å². The predicted molar refractivity (Wildman–Crippen MR) is 149 cm³/mol. The van der Waals surface area contributed by atoms with Crippen LogP contribution in [-0.2, 0) is 23.4 Å². The first-order chi connectivity index (χ1) is 16.3. The average molecular weight is 651 g/mol. The van der Waals surface area contributed by atoms with Gasteiger partial charge in [-0.3, -0.25) is 10.1 Å². The van der Waals surface area contributed by atoms with E-state index in [2.05, 4.69) is 71.7 Å². The van der Waals surface area contributed by atoms with E-state index in [1.165, 1.54) is 0 Å². The molecule has 9 nitrogen and oxygen atoms in total. The third kappa shape index (κ3) is 5.21. The number of halogens is 2. The van der Waals surface area contributed by atoms with Crippen LogP contribution in [-0.4, -0.2) is 53.0 Å². The summed E-state index contributed by atoms with van der Waals surface area (Å²) in [7, 11) is -2.17. The van der Waals surface area contributed by atoms with Gasteiger partial charge in [-0.05, 0) is 54.6 Å². The maximum atomic E-state index is 12.6. The first-order valence-corrected chi connectivity index (χ1v) is 16.4. The van der Waals surface area contributed by atoms with Crippen molar-refractivity contribution >= 4 is 65.4 Å². The number of fused-ring (bicyclic) bond motifs is 2. The Bertz CT molecular complexity index is 1190. The Hall–Kier alpha value is -0.833. The van der Waals surface area contributed by atoms with Gasteiger partial charge in [0, 0.05) is 15.2 Å². The van der Waals surface area contributed by atoms with Gasteiger partial charge in [-0.1, -0.05) is 53.1 Å². The molecule has 36 heavy (non-hydrogen) atoms. The van der Waals surface area contributed by atoms with E-state index in [0.29, 0.717) is 11.0 Å². The van der Waals surface area contributed by atoms with Gasteiger partial charge >= 0.3 is 0 Å². The molecule has 0 saturated carbocycles. The van der Waals surface area contributed by atoms with Crippen LogP contribution < -0.4 is 5.32 Å². The number of amides is 1. The van der Waals surface area contributed by atoms with Crippen molar-refractivity contribution in [2.75, 3.05) is 5.32 Å². The van der Waals surface area contributed by atoms with Crippen molar-refractivity contribution in [2.45, 2.75) is 104 Å². The highest BCUT2D eigenvalue weighted by Gasteiger charge is 2.58. The Balaban J connectivity index is 1.75. The van der Waals surface area contributed by atoms with Crippen LogP contribution in [0.3, 0.4) is 0 Å². The van der Waals surface area contributed by atoms with Crippen LogP contribution in [0, 0.1) is 8.99 Å². The molecule has 2 fully saturated rings. The topological polar surface area (TPSA) is 96.7 Å². The number of anilines is 1. The fourth-order valence-corrected chi connectivity index (χ4v) is 6.27. The number of nitrogens with one attached hydrogen (secondary N) is 1. The second-order valence-corrected chi connectivity index (χ2v) is 18.7. The molecule has 2 aliphatic rings. The van der Waals surface area contributed by atoms with Gasteiger partial charge in [0.05, 0.1) is 5.39 Å². The van der Waals surface area contributed by atoms with Gasteiger partial charge in [0.25, 0.3) is 0 Å². The number of ether oxygens (including phenoxy) is 3. The second-order valence-electron chi connectivity index (χ2n) is 12.5. The highest BCUT2D eigenvalue weighted by Crippen LogP contribution is 2.47. The number of rotatable bonds is 4. The van der Waals surface area contributed by atoms with E-state index in [-0.39, 0.29) is 22.0 Å². The quantitative estimate of drug-likeness (QED) is 0.244. The van der Waals surface area contributed by atoms with Gasteiger partial charge in [0.2, 0.25) is 11.9 Å². The van der Waals surface area contributed by atoms with E-state index in [4.69, 9.17) is 30.2 Å². The van der Waals surface area contributed by atoms with E-state index in [1.807, 2.05) is 45.4 Å². The molecule has 4 unspecified atom stereocenters. The molecule has 2 aliphatic heterocycles. The molecule has 1 N–H and O–H groups in total. The maximum Gasteiger partial charge on any atom is 0.232 e. The predicted octanol–water partition coefficient (Wildman–Crippen LogP) is 6.07. The molecule has 4 rings (SSSR count). The van der Waals surface area contributed by atoms with Crippen LogP contribution in [0.2, 0.25) is 23.3 Å². The van der Waals surface area contributed by atoms with Crippen molar-refractivity contribution in [2.24, 2.45) is 5.41 Å². The van der Waals surface area contributed by atoms with E-state index < -0.39 is 44.2 Å². The molecule has 2 aromatic heterocycles. The third-order valence-electron chi connectivity index (χ3n) is 6.97. The molecule has 2 saturated heterocycles. The lowest BCUT2D eigenvalue weighted by molar-refractivity contribution is -0.226. The summed E-state index contributed by atoms with van der Waals surface area (Å²) in [5, 5.41) is 3.70. The summed E-state index contributed by atoms with van der Waals surface area (Å²) in [5.41, 5.74) is -0.0774. The summed E-state index contributed by atoms with van der Waals surface area (Å²) in [6, 6.07) is 0. The van der Waals surface area contributed by atoms with E-state index in [1.54, 1.807) is 0 Å². The van der Waals surface area contributed by atoms with Gasteiger partial charge in [-0.25, -0.2) is 0 Å². The number of hydrogen-bond donors (Lipinski definition) is 1. The second kappa shape index (κ2) is 9.13. The molecule has 12 heteroatoms. The number of carbonyl (C=O) groups excluding carboxylic acids is 1. The molecule has 4 atom stereocenters. The minimum atomic E-state index is -2.17. The molecule has 0 aromatic carbocycles. The molecule has 0 bridgehead atoms. The van der Waals surface area contributed by atoms with Gasteiger partial charge < -0.3 is 23.2 Å². The summed E-state index contributed by atoms with van der Waals surface area (Å²) >= 11 is 8.77. The van der Waals surface area contributed by atoms with Crippen LogP contribution in [0.4, 0.5) is 5.95 Å². The standard InChI is InChI=1S/C24H36ClIN4O5Si/c1-22(2,3)20(31)29-21-27-16(25)13-12(26)11-30(17(13)28-21)18-14-15(34-24(7,8)33-14)19(32-18)35-36(9,10)23(4,5)6/h11,14-15,18-19H,1-10H3,(H,27,28,29,31). The lowest BCUT2D eigenvalue weighted by Crippen LogP contribution is -2.47. The Morgan fingerprint density at radius 3 is 2.36 bits per heavy atom. The van der Waals surface area contributed by atoms with Crippen molar-refractivity contribution in [1.82, 2.24) is 14.5 Å². The zero-order valence-electron chi connectivity index (χ0n) is 22.5. The summed E-state index contributed by atoms with van der Waals surface area (Å²) in [5.74, 6) is -0.864. The Kier molecular flexibility index (Phi) is 7.15. The highest BCUT2D eigenvalue weighted by atomic mass is 127.